The van der Waals surface area contributed by atoms with E-state index in [1.165, 1.54) is 0 Å². The van der Waals surface area contributed by atoms with Crippen LogP contribution in [0.3, 0.4) is 0 Å². The van der Waals surface area contributed by atoms with E-state index in [-0.39, 0.29) is 12.6 Å². The number of halogens is 1. The fourth-order valence-corrected chi connectivity index (χ4v) is 1.16. The molecule has 0 nitrogen and oxygen atoms in total. The van der Waals surface area contributed by atoms with E-state index in [9.17, 15) is 4.39 Å². The Labute approximate surface area is 67.1 Å². The molecular formula is C10H13F. The highest BCUT2D eigenvalue weighted by Crippen LogP contribution is 2.18. The second kappa shape index (κ2) is 4.12. The maximum Gasteiger partial charge on any atom is 0.0962 e. The molecule has 1 atom stereocenters. The first-order chi connectivity index (χ1) is 5.38. The van der Waals surface area contributed by atoms with Crippen LogP contribution in [0.25, 0.3) is 0 Å². The Morgan fingerprint density at radius 3 is 2.36 bits per heavy atom. The zero-order valence-corrected chi connectivity index (χ0v) is 6.76. The van der Waals surface area contributed by atoms with Gasteiger partial charge in [-0.1, -0.05) is 37.3 Å². The van der Waals surface area contributed by atoms with Crippen molar-refractivity contribution in [1.82, 2.24) is 0 Å². The topological polar surface area (TPSA) is 0 Å². The summed E-state index contributed by atoms with van der Waals surface area (Å²) in [6.07, 6.45) is 0.876. The van der Waals surface area contributed by atoms with Crippen molar-refractivity contribution in [2.75, 3.05) is 6.67 Å². The highest BCUT2D eigenvalue weighted by atomic mass is 19.1. The quantitative estimate of drug-likeness (QED) is 0.624. The van der Waals surface area contributed by atoms with Crippen molar-refractivity contribution in [3.05, 3.63) is 35.9 Å². The summed E-state index contributed by atoms with van der Waals surface area (Å²) in [5, 5.41) is 0. The van der Waals surface area contributed by atoms with Crippen molar-refractivity contribution < 1.29 is 4.39 Å². The maximum atomic E-state index is 12.3. The second-order valence-electron chi connectivity index (χ2n) is 2.67. The minimum Gasteiger partial charge on any atom is -0.250 e. The molecule has 11 heavy (non-hydrogen) atoms. The molecule has 0 aliphatic heterocycles. The third-order valence-electron chi connectivity index (χ3n) is 1.95. The average Bonchev–Trinajstić information content (AvgIpc) is 2.09. The van der Waals surface area contributed by atoms with E-state index in [0.717, 1.165) is 12.0 Å². The SMILES string of the molecule is CCC(CF)c1ccccc1. The van der Waals surface area contributed by atoms with Crippen LogP contribution in [-0.4, -0.2) is 6.67 Å². The summed E-state index contributed by atoms with van der Waals surface area (Å²) in [5.74, 6) is 0.0937. The van der Waals surface area contributed by atoms with Crippen molar-refractivity contribution in [3.63, 3.8) is 0 Å². The predicted molar refractivity (Wildman–Crippen MR) is 45.4 cm³/mol. The molecule has 0 spiro atoms. The first kappa shape index (κ1) is 8.25. The van der Waals surface area contributed by atoms with E-state index in [1.54, 1.807) is 0 Å². The smallest absolute Gasteiger partial charge is 0.0962 e. The molecule has 60 valence electrons. The van der Waals surface area contributed by atoms with E-state index in [1.807, 2.05) is 37.3 Å². The Balaban J connectivity index is 2.74. The van der Waals surface area contributed by atoms with Gasteiger partial charge in [0.1, 0.15) is 0 Å². The molecule has 0 saturated carbocycles. The zero-order valence-electron chi connectivity index (χ0n) is 6.76. The molecule has 1 aromatic rings. The van der Waals surface area contributed by atoms with Crippen LogP contribution < -0.4 is 0 Å². The van der Waals surface area contributed by atoms with Crippen LogP contribution in [0.4, 0.5) is 4.39 Å². The molecule has 1 unspecified atom stereocenters. The molecule has 0 aromatic heterocycles. The largest absolute Gasteiger partial charge is 0.250 e. The summed E-state index contributed by atoms with van der Waals surface area (Å²) in [4.78, 5) is 0. The standard InChI is InChI=1S/C10H13F/c1-2-9(8-11)10-6-4-3-5-7-10/h3-7,9H,2,8H2,1H3. The molecule has 0 aliphatic carbocycles. The van der Waals surface area contributed by atoms with Gasteiger partial charge in [-0.15, -0.1) is 0 Å². The molecular weight excluding hydrogens is 139 g/mol. The van der Waals surface area contributed by atoms with Gasteiger partial charge in [0.15, 0.2) is 0 Å². The summed E-state index contributed by atoms with van der Waals surface area (Å²) in [5.41, 5.74) is 1.11. The van der Waals surface area contributed by atoms with Crippen molar-refractivity contribution >= 4 is 0 Å². The second-order valence-corrected chi connectivity index (χ2v) is 2.67. The normalized spacial score (nSPS) is 12.9. The number of hydrogen-bond acceptors (Lipinski definition) is 0. The predicted octanol–water partition coefficient (Wildman–Crippen LogP) is 3.15. The first-order valence-electron chi connectivity index (χ1n) is 3.99. The van der Waals surface area contributed by atoms with Gasteiger partial charge in [0, 0.05) is 5.92 Å². The lowest BCUT2D eigenvalue weighted by molar-refractivity contribution is 0.423. The summed E-state index contributed by atoms with van der Waals surface area (Å²) in [6, 6.07) is 9.82. The number of benzene rings is 1. The summed E-state index contributed by atoms with van der Waals surface area (Å²) in [7, 11) is 0. The molecule has 0 fully saturated rings. The van der Waals surface area contributed by atoms with E-state index >= 15 is 0 Å². The minimum absolute atomic E-state index is 0.0937. The Bertz CT molecular complexity index is 189. The van der Waals surface area contributed by atoms with Crippen molar-refractivity contribution in [2.45, 2.75) is 19.3 Å². The Morgan fingerprint density at radius 2 is 1.91 bits per heavy atom. The highest BCUT2D eigenvalue weighted by molar-refractivity contribution is 5.19. The zero-order chi connectivity index (χ0) is 8.10. The Hall–Kier alpha value is -0.850. The molecule has 0 bridgehead atoms. The van der Waals surface area contributed by atoms with Gasteiger partial charge in [-0.25, -0.2) is 0 Å². The van der Waals surface area contributed by atoms with Crippen LogP contribution in [0, 0.1) is 0 Å². The van der Waals surface area contributed by atoms with E-state index in [4.69, 9.17) is 0 Å². The minimum atomic E-state index is -0.249. The van der Waals surface area contributed by atoms with Gasteiger partial charge in [0.05, 0.1) is 6.67 Å². The third kappa shape index (κ3) is 2.04. The van der Waals surface area contributed by atoms with Crippen LogP contribution in [-0.2, 0) is 0 Å². The van der Waals surface area contributed by atoms with E-state index in [0.29, 0.717) is 0 Å². The summed E-state index contributed by atoms with van der Waals surface area (Å²) in [6.45, 7) is 1.76. The Kier molecular flexibility index (Phi) is 3.09. The van der Waals surface area contributed by atoms with Crippen LogP contribution in [0.5, 0.6) is 0 Å². The van der Waals surface area contributed by atoms with Crippen LogP contribution >= 0.6 is 0 Å². The average molecular weight is 152 g/mol. The van der Waals surface area contributed by atoms with Crippen LogP contribution in [0.2, 0.25) is 0 Å². The molecule has 1 heteroatoms. The summed E-state index contributed by atoms with van der Waals surface area (Å²) >= 11 is 0. The van der Waals surface area contributed by atoms with Crippen LogP contribution in [0.15, 0.2) is 30.3 Å². The number of hydrogen-bond donors (Lipinski definition) is 0. The number of alkyl halides is 1. The molecule has 0 N–H and O–H groups in total. The Morgan fingerprint density at radius 1 is 1.27 bits per heavy atom. The van der Waals surface area contributed by atoms with Gasteiger partial charge in [0.2, 0.25) is 0 Å². The third-order valence-corrected chi connectivity index (χ3v) is 1.95. The number of rotatable bonds is 3. The first-order valence-corrected chi connectivity index (χ1v) is 3.99. The monoisotopic (exact) mass is 152 g/mol. The van der Waals surface area contributed by atoms with Gasteiger partial charge in [0.25, 0.3) is 0 Å². The van der Waals surface area contributed by atoms with Gasteiger partial charge in [-0.3, -0.25) is 4.39 Å². The molecule has 0 aliphatic rings. The van der Waals surface area contributed by atoms with Gasteiger partial charge >= 0.3 is 0 Å². The van der Waals surface area contributed by atoms with E-state index < -0.39 is 0 Å². The fraction of sp³-hybridized carbons (Fsp3) is 0.400. The molecule has 1 rings (SSSR count). The lowest BCUT2D eigenvalue weighted by Crippen LogP contribution is -1.98. The highest BCUT2D eigenvalue weighted by Gasteiger charge is 2.06. The lowest BCUT2D eigenvalue weighted by atomic mass is 9.98. The summed E-state index contributed by atoms with van der Waals surface area (Å²) < 4.78 is 12.3. The van der Waals surface area contributed by atoms with Gasteiger partial charge < -0.3 is 0 Å². The fourth-order valence-electron chi connectivity index (χ4n) is 1.16. The maximum absolute atomic E-state index is 12.3. The molecule has 0 saturated heterocycles. The van der Waals surface area contributed by atoms with Crippen molar-refractivity contribution in [1.29, 1.82) is 0 Å². The van der Waals surface area contributed by atoms with E-state index in [2.05, 4.69) is 0 Å². The lowest BCUT2D eigenvalue weighted by Gasteiger charge is -2.09. The van der Waals surface area contributed by atoms with Crippen molar-refractivity contribution in [2.24, 2.45) is 0 Å². The van der Waals surface area contributed by atoms with Crippen molar-refractivity contribution in [3.8, 4) is 0 Å². The molecule has 1 aromatic carbocycles. The molecule has 0 heterocycles. The van der Waals surface area contributed by atoms with Crippen LogP contribution in [0.1, 0.15) is 24.8 Å². The van der Waals surface area contributed by atoms with Gasteiger partial charge in [-0.2, -0.15) is 0 Å². The molecule has 0 radical (unpaired) electrons. The molecule has 0 amide bonds. The van der Waals surface area contributed by atoms with Gasteiger partial charge in [-0.05, 0) is 12.0 Å².